The van der Waals surface area contributed by atoms with Crippen LogP contribution >= 0.6 is 24.8 Å². The van der Waals surface area contributed by atoms with E-state index in [1.54, 1.807) is 12.1 Å². The van der Waals surface area contributed by atoms with Gasteiger partial charge >= 0.3 is 0 Å². The Morgan fingerprint density at radius 2 is 1.89 bits per heavy atom. The predicted molar refractivity (Wildman–Crippen MR) is 118 cm³/mol. The third-order valence-electron chi connectivity index (χ3n) is 4.64. The summed E-state index contributed by atoms with van der Waals surface area (Å²) in [6.07, 6.45) is 7.44. The Bertz CT molecular complexity index is 1030. The van der Waals surface area contributed by atoms with Crippen molar-refractivity contribution in [1.29, 1.82) is 0 Å². The third-order valence-corrected chi connectivity index (χ3v) is 4.64. The lowest BCUT2D eigenvalue weighted by Crippen LogP contribution is -2.12. The Hall–Kier alpha value is -2.43. The van der Waals surface area contributed by atoms with Gasteiger partial charge in [0.15, 0.2) is 0 Å². The number of nitrogens with zero attached hydrogens (tertiary/aromatic N) is 2. The largest absolute Gasteiger partial charge is 0.497 e. The number of pyridine rings is 1. The molecule has 2 aromatic carbocycles. The monoisotopic (exact) mass is 418 g/mol. The summed E-state index contributed by atoms with van der Waals surface area (Å²) in [6, 6.07) is 13.1. The summed E-state index contributed by atoms with van der Waals surface area (Å²) in [5, 5.41) is 2.19. The van der Waals surface area contributed by atoms with Gasteiger partial charge in [-0.3, -0.25) is 9.98 Å². The Morgan fingerprint density at radius 3 is 2.68 bits per heavy atom. The highest BCUT2D eigenvalue weighted by atomic mass is 35.5. The molecule has 146 valence electrons. The molecule has 3 nitrogen and oxygen atoms in total. The molecule has 0 amide bonds. The first kappa shape index (κ1) is 21.9. The van der Waals surface area contributed by atoms with Gasteiger partial charge in [-0.05, 0) is 42.0 Å². The number of ether oxygens (including phenoxy) is 1. The number of rotatable bonds is 3. The standard InChI is InChI=1S/C22H19FN2O.2ClH/c1-26-18-9-8-15(21(23)12-18)11-16-6-4-10-25-22(16)20-14-24-13-17-5-2-3-7-19(17)20;;/h2-3,5,7-9,11-14H,4,6,10H2,1H3;2*1H/b16-11+;;. The minimum atomic E-state index is -0.294. The maximum Gasteiger partial charge on any atom is 0.134 e. The molecule has 0 N–H and O–H groups in total. The fourth-order valence-electron chi connectivity index (χ4n) is 3.32. The van der Waals surface area contributed by atoms with Gasteiger partial charge < -0.3 is 4.74 Å². The highest BCUT2D eigenvalue weighted by Gasteiger charge is 2.17. The lowest BCUT2D eigenvalue weighted by Gasteiger charge is -2.18. The van der Waals surface area contributed by atoms with Crippen molar-refractivity contribution in [3.8, 4) is 5.75 Å². The molecule has 1 aliphatic heterocycles. The molecule has 1 aromatic heterocycles. The summed E-state index contributed by atoms with van der Waals surface area (Å²) >= 11 is 0. The van der Waals surface area contributed by atoms with Gasteiger partial charge in [-0.2, -0.15) is 0 Å². The summed E-state index contributed by atoms with van der Waals surface area (Å²) in [4.78, 5) is 9.12. The molecule has 2 heterocycles. The van der Waals surface area contributed by atoms with Gasteiger partial charge in [0.1, 0.15) is 11.6 Å². The van der Waals surface area contributed by atoms with E-state index in [9.17, 15) is 4.39 Å². The van der Waals surface area contributed by atoms with Crippen molar-refractivity contribution in [2.75, 3.05) is 13.7 Å². The van der Waals surface area contributed by atoms with E-state index in [4.69, 9.17) is 9.73 Å². The van der Waals surface area contributed by atoms with E-state index in [2.05, 4.69) is 11.1 Å². The van der Waals surface area contributed by atoms with E-state index in [1.165, 1.54) is 13.2 Å². The van der Waals surface area contributed by atoms with Crippen LogP contribution in [0.25, 0.3) is 16.8 Å². The summed E-state index contributed by atoms with van der Waals surface area (Å²) < 4.78 is 19.5. The van der Waals surface area contributed by atoms with Gasteiger partial charge in [-0.25, -0.2) is 4.39 Å². The smallest absolute Gasteiger partial charge is 0.134 e. The number of allylic oxidation sites excluding steroid dienone is 1. The van der Waals surface area contributed by atoms with Crippen LogP contribution in [0.5, 0.6) is 5.75 Å². The second kappa shape index (κ2) is 9.67. The van der Waals surface area contributed by atoms with Crippen molar-refractivity contribution in [2.45, 2.75) is 12.8 Å². The van der Waals surface area contributed by atoms with Crippen LogP contribution in [0.3, 0.4) is 0 Å². The van der Waals surface area contributed by atoms with Crippen molar-refractivity contribution in [1.82, 2.24) is 4.98 Å². The molecule has 0 atom stereocenters. The molecule has 0 aliphatic carbocycles. The summed E-state index contributed by atoms with van der Waals surface area (Å²) in [5.41, 5.74) is 3.50. The molecule has 0 bridgehead atoms. The van der Waals surface area contributed by atoms with Crippen LogP contribution in [0, 0.1) is 5.82 Å². The molecule has 0 unspecified atom stereocenters. The predicted octanol–water partition coefficient (Wildman–Crippen LogP) is 5.89. The normalized spacial score (nSPS) is 14.8. The molecule has 4 rings (SSSR count). The molecule has 0 radical (unpaired) electrons. The molecule has 0 spiro atoms. The molecule has 6 heteroatoms. The maximum absolute atomic E-state index is 14.4. The first-order valence-corrected chi connectivity index (χ1v) is 8.68. The second-order valence-electron chi connectivity index (χ2n) is 6.30. The van der Waals surface area contributed by atoms with Crippen LogP contribution in [0.1, 0.15) is 24.0 Å². The topological polar surface area (TPSA) is 34.5 Å². The van der Waals surface area contributed by atoms with Gasteiger partial charge in [0.2, 0.25) is 0 Å². The molecule has 0 fully saturated rings. The van der Waals surface area contributed by atoms with Crippen molar-refractivity contribution in [3.63, 3.8) is 0 Å². The van der Waals surface area contributed by atoms with E-state index >= 15 is 0 Å². The van der Waals surface area contributed by atoms with Crippen LogP contribution < -0.4 is 4.74 Å². The second-order valence-corrected chi connectivity index (χ2v) is 6.30. The summed E-state index contributed by atoms with van der Waals surface area (Å²) in [5.74, 6) is 0.221. The summed E-state index contributed by atoms with van der Waals surface area (Å²) in [6.45, 7) is 0.779. The molecule has 1 aliphatic rings. The van der Waals surface area contributed by atoms with E-state index < -0.39 is 0 Å². The fourth-order valence-corrected chi connectivity index (χ4v) is 3.32. The van der Waals surface area contributed by atoms with Crippen molar-refractivity contribution >= 4 is 47.4 Å². The average molecular weight is 419 g/mol. The van der Waals surface area contributed by atoms with Crippen molar-refractivity contribution in [3.05, 3.63) is 77.4 Å². The minimum absolute atomic E-state index is 0. The number of methoxy groups -OCH3 is 1. The number of hydrogen-bond donors (Lipinski definition) is 0. The lowest BCUT2D eigenvalue weighted by atomic mass is 9.92. The molecular weight excluding hydrogens is 398 g/mol. The summed E-state index contributed by atoms with van der Waals surface area (Å²) in [7, 11) is 1.53. The number of fused-ring (bicyclic) bond motifs is 1. The van der Waals surface area contributed by atoms with Gasteiger partial charge in [-0.1, -0.05) is 24.3 Å². The molecular formula is C22H21Cl2FN2O. The number of aliphatic imine (C=N–C) groups is 1. The van der Waals surface area contributed by atoms with Crippen LogP contribution in [0.2, 0.25) is 0 Å². The zero-order chi connectivity index (χ0) is 17.9. The SMILES string of the molecule is COc1ccc(/C=C2\CCCN=C2c2cncc3ccccc23)c(F)c1.Cl.Cl. The Kier molecular flexibility index (Phi) is 7.55. The average Bonchev–Trinajstić information content (AvgIpc) is 2.69. The van der Waals surface area contributed by atoms with Gasteiger partial charge in [0, 0.05) is 41.5 Å². The van der Waals surface area contributed by atoms with Gasteiger partial charge in [0.05, 0.1) is 12.8 Å². The molecule has 3 aromatic rings. The quantitative estimate of drug-likeness (QED) is 0.530. The highest BCUT2D eigenvalue weighted by molar-refractivity contribution is 6.20. The molecule has 0 saturated heterocycles. The van der Waals surface area contributed by atoms with Crippen molar-refractivity contribution in [2.24, 2.45) is 4.99 Å². The van der Waals surface area contributed by atoms with Crippen LogP contribution in [-0.4, -0.2) is 24.4 Å². The molecule has 28 heavy (non-hydrogen) atoms. The zero-order valence-corrected chi connectivity index (χ0v) is 17.0. The lowest BCUT2D eigenvalue weighted by molar-refractivity contribution is 0.411. The Labute approximate surface area is 176 Å². The molecule has 0 saturated carbocycles. The van der Waals surface area contributed by atoms with Gasteiger partial charge in [0.25, 0.3) is 0 Å². The maximum atomic E-state index is 14.4. The van der Waals surface area contributed by atoms with Gasteiger partial charge in [-0.15, -0.1) is 24.8 Å². The highest BCUT2D eigenvalue weighted by Crippen LogP contribution is 2.27. The van der Waals surface area contributed by atoms with Crippen LogP contribution in [0.4, 0.5) is 4.39 Å². The fraction of sp³-hybridized carbons (Fsp3) is 0.182. The van der Waals surface area contributed by atoms with E-state index in [0.29, 0.717) is 11.3 Å². The first-order valence-electron chi connectivity index (χ1n) is 8.68. The Balaban J connectivity index is 0.00000140. The number of benzene rings is 2. The van der Waals surface area contributed by atoms with E-state index in [0.717, 1.165) is 47.0 Å². The number of aromatic nitrogens is 1. The van der Waals surface area contributed by atoms with Crippen molar-refractivity contribution < 1.29 is 9.13 Å². The zero-order valence-electron chi connectivity index (χ0n) is 15.4. The van der Waals surface area contributed by atoms with Crippen LogP contribution in [-0.2, 0) is 0 Å². The Morgan fingerprint density at radius 1 is 1.07 bits per heavy atom. The number of halogens is 3. The number of hydrogen-bond acceptors (Lipinski definition) is 3. The third kappa shape index (κ3) is 4.34. The first-order chi connectivity index (χ1) is 12.8. The van der Waals surface area contributed by atoms with E-state index in [-0.39, 0.29) is 30.6 Å². The van der Waals surface area contributed by atoms with Crippen LogP contribution in [0.15, 0.2) is 65.4 Å². The minimum Gasteiger partial charge on any atom is -0.497 e. The van der Waals surface area contributed by atoms with E-state index in [1.807, 2.05) is 36.7 Å².